The number of nitrogens with zero attached hydrogens (tertiary/aromatic N) is 2. The second kappa shape index (κ2) is 5.67. The molecule has 0 bridgehead atoms. The molecule has 4 nitrogen and oxygen atoms in total. The molecule has 1 saturated carbocycles. The van der Waals surface area contributed by atoms with Crippen molar-refractivity contribution in [3.8, 4) is 0 Å². The molecular weight excluding hydrogens is 282 g/mol. The first-order valence-electron chi connectivity index (χ1n) is 6.13. The van der Waals surface area contributed by atoms with Gasteiger partial charge in [-0.2, -0.15) is 0 Å². The predicted molar refractivity (Wildman–Crippen MR) is 72.4 cm³/mol. The molecule has 0 aliphatic heterocycles. The maximum Gasteiger partial charge on any atom is 0.267 e. The fourth-order valence-corrected chi connectivity index (χ4v) is 3.00. The molecule has 0 saturated heterocycles. The average Bonchev–Trinajstić information content (AvgIpc) is 2.34. The molecule has 1 N–H and O–H groups in total. The summed E-state index contributed by atoms with van der Waals surface area (Å²) < 4.78 is 0.526. The van der Waals surface area contributed by atoms with Crippen molar-refractivity contribution in [2.24, 2.45) is 5.92 Å². The lowest BCUT2D eigenvalue weighted by molar-refractivity contribution is 0.361. The minimum atomic E-state index is -0.120. The van der Waals surface area contributed by atoms with Crippen LogP contribution in [0.25, 0.3) is 0 Å². The second-order valence-corrected chi connectivity index (χ2v) is 5.55. The molecule has 1 aliphatic carbocycles. The van der Waals surface area contributed by atoms with Gasteiger partial charge >= 0.3 is 0 Å². The van der Waals surface area contributed by atoms with Gasteiger partial charge < -0.3 is 9.88 Å². The Hall–Kier alpha value is -0.840. The fourth-order valence-electron chi connectivity index (χ4n) is 2.48. The SMILES string of the molecule is CN(CC1CCCCC1)c1nc[nH]c(=O)c1Br. The van der Waals surface area contributed by atoms with Gasteiger partial charge in [-0.05, 0) is 34.7 Å². The van der Waals surface area contributed by atoms with Crippen molar-refractivity contribution >= 4 is 21.7 Å². The highest BCUT2D eigenvalue weighted by atomic mass is 79.9. The molecular formula is C12H18BrN3O. The van der Waals surface area contributed by atoms with E-state index in [4.69, 9.17) is 0 Å². The normalized spacial score (nSPS) is 17.1. The first kappa shape index (κ1) is 12.6. The van der Waals surface area contributed by atoms with E-state index in [9.17, 15) is 4.79 Å². The molecule has 2 rings (SSSR count). The van der Waals surface area contributed by atoms with Crippen LogP contribution in [0.4, 0.5) is 5.82 Å². The minimum Gasteiger partial charge on any atom is -0.358 e. The number of hydrogen-bond donors (Lipinski definition) is 1. The van der Waals surface area contributed by atoms with Crippen LogP contribution in [-0.4, -0.2) is 23.6 Å². The van der Waals surface area contributed by atoms with Crippen LogP contribution in [0.2, 0.25) is 0 Å². The Morgan fingerprint density at radius 1 is 1.47 bits per heavy atom. The zero-order valence-corrected chi connectivity index (χ0v) is 11.7. The monoisotopic (exact) mass is 299 g/mol. The lowest BCUT2D eigenvalue weighted by atomic mass is 9.89. The van der Waals surface area contributed by atoms with Crippen molar-refractivity contribution in [2.45, 2.75) is 32.1 Å². The number of hydrogen-bond acceptors (Lipinski definition) is 3. The third-order valence-corrected chi connectivity index (χ3v) is 4.11. The molecule has 1 heterocycles. The number of nitrogens with one attached hydrogen (secondary N) is 1. The van der Waals surface area contributed by atoms with Crippen LogP contribution in [0.3, 0.4) is 0 Å². The van der Waals surface area contributed by atoms with E-state index < -0.39 is 0 Å². The van der Waals surface area contributed by atoms with E-state index >= 15 is 0 Å². The van der Waals surface area contributed by atoms with Gasteiger partial charge in [0.2, 0.25) is 0 Å². The Labute approximate surface area is 110 Å². The van der Waals surface area contributed by atoms with Crippen molar-refractivity contribution in [2.75, 3.05) is 18.5 Å². The zero-order chi connectivity index (χ0) is 12.3. The van der Waals surface area contributed by atoms with Crippen LogP contribution in [0, 0.1) is 5.92 Å². The topological polar surface area (TPSA) is 49.0 Å². The standard InChI is InChI=1S/C12H18BrN3O/c1-16(7-9-5-3-2-4-6-9)11-10(13)12(17)15-8-14-11/h8-9H,2-7H2,1H3,(H,14,15,17). The van der Waals surface area contributed by atoms with Crippen molar-refractivity contribution in [1.29, 1.82) is 0 Å². The van der Waals surface area contributed by atoms with Gasteiger partial charge in [0, 0.05) is 13.6 Å². The molecule has 17 heavy (non-hydrogen) atoms. The summed E-state index contributed by atoms with van der Waals surface area (Å²) in [7, 11) is 2.00. The third-order valence-electron chi connectivity index (χ3n) is 3.40. The molecule has 0 radical (unpaired) electrons. The molecule has 94 valence electrons. The zero-order valence-electron chi connectivity index (χ0n) is 10.1. The van der Waals surface area contributed by atoms with Gasteiger partial charge in [-0.1, -0.05) is 19.3 Å². The van der Waals surface area contributed by atoms with Crippen molar-refractivity contribution < 1.29 is 0 Å². The van der Waals surface area contributed by atoms with Crippen LogP contribution < -0.4 is 10.5 Å². The number of anilines is 1. The highest BCUT2D eigenvalue weighted by molar-refractivity contribution is 9.10. The summed E-state index contributed by atoms with van der Waals surface area (Å²) in [5, 5.41) is 0. The molecule has 1 aliphatic rings. The van der Waals surface area contributed by atoms with Gasteiger partial charge in [0.1, 0.15) is 10.3 Å². The Kier molecular flexibility index (Phi) is 4.20. The smallest absolute Gasteiger partial charge is 0.267 e. The Morgan fingerprint density at radius 3 is 2.88 bits per heavy atom. The van der Waals surface area contributed by atoms with Crippen LogP contribution >= 0.6 is 15.9 Å². The predicted octanol–water partition coefficient (Wildman–Crippen LogP) is 2.55. The van der Waals surface area contributed by atoms with Gasteiger partial charge in [0.15, 0.2) is 0 Å². The molecule has 1 aromatic heterocycles. The molecule has 0 spiro atoms. The van der Waals surface area contributed by atoms with Crippen LogP contribution in [-0.2, 0) is 0 Å². The number of aromatic nitrogens is 2. The first-order valence-corrected chi connectivity index (χ1v) is 6.92. The maximum atomic E-state index is 11.5. The summed E-state index contributed by atoms with van der Waals surface area (Å²) in [5.74, 6) is 1.47. The second-order valence-electron chi connectivity index (χ2n) is 4.75. The van der Waals surface area contributed by atoms with Gasteiger partial charge in [-0.3, -0.25) is 4.79 Å². The number of halogens is 1. The summed E-state index contributed by atoms with van der Waals surface area (Å²) in [4.78, 5) is 20.3. The summed E-state index contributed by atoms with van der Waals surface area (Å²) in [6.07, 6.45) is 8.09. The minimum absolute atomic E-state index is 0.120. The van der Waals surface area contributed by atoms with Crippen LogP contribution in [0.15, 0.2) is 15.6 Å². The van der Waals surface area contributed by atoms with E-state index in [0.29, 0.717) is 4.47 Å². The number of aromatic amines is 1. The lowest BCUT2D eigenvalue weighted by Crippen LogP contribution is -2.29. The summed E-state index contributed by atoms with van der Waals surface area (Å²) >= 11 is 3.30. The number of rotatable bonds is 3. The van der Waals surface area contributed by atoms with Gasteiger partial charge in [0.25, 0.3) is 5.56 Å². The Bertz CT molecular complexity index is 426. The van der Waals surface area contributed by atoms with E-state index in [2.05, 4.69) is 30.8 Å². The molecule has 0 unspecified atom stereocenters. The molecule has 5 heteroatoms. The van der Waals surface area contributed by atoms with Crippen LogP contribution in [0.5, 0.6) is 0 Å². The highest BCUT2D eigenvalue weighted by Gasteiger charge is 2.18. The Balaban J connectivity index is 2.06. The van der Waals surface area contributed by atoms with Crippen LogP contribution in [0.1, 0.15) is 32.1 Å². The molecule has 1 aromatic rings. The largest absolute Gasteiger partial charge is 0.358 e. The molecule has 0 atom stereocenters. The summed E-state index contributed by atoms with van der Waals surface area (Å²) in [5.41, 5.74) is -0.120. The maximum absolute atomic E-state index is 11.5. The van der Waals surface area contributed by atoms with Crippen molar-refractivity contribution in [1.82, 2.24) is 9.97 Å². The third kappa shape index (κ3) is 3.09. The van der Waals surface area contributed by atoms with E-state index in [0.717, 1.165) is 18.3 Å². The lowest BCUT2D eigenvalue weighted by Gasteiger charge is -2.27. The van der Waals surface area contributed by atoms with E-state index in [1.165, 1.54) is 38.4 Å². The van der Waals surface area contributed by atoms with Crippen molar-refractivity contribution in [3.05, 3.63) is 21.2 Å². The summed E-state index contributed by atoms with van der Waals surface area (Å²) in [6, 6.07) is 0. The van der Waals surface area contributed by atoms with E-state index in [-0.39, 0.29) is 5.56 Å². The molecule has 0 aromatic carbocycles. The average molecular weight is 300 g/mol. The van der Waals surface area contributed by atoms with E-state index in [1.807, 2.05) is 7.05 Å². The number of H-pyrrole nitrogens is 1. The Morgan fingerprint density at radius 2 is 2.18 bits per heavy atom. The van der Waals surface area contributed by atoms with E-state index in [1.54, 1.807) is 0 Å². The highest BCUT2D eigenvalue weighted by Crippen LogP contribution is 2.26. The fraction of sp³-hybridized carbons (Fsp3) is 0.667. The quantitative estimate of drug-likeness (QED) is 0.933. The van der Waals surface area contributed by atoms with Gasteiger partial charge in [-0.15, -0.1) is 0 Å². The summed E-state index contributed by atoms with van der Waals surface area (Å²) in [6.45, 7) is 0.981. The van der Waals surface area contributed by atoms with Gasteiger partial charge in [-0.25, -0.2) is 4.98 Å². The van der Waals surface area contributed by atoms with Crippen molar-refractivity contribution in [3.63, 3.8) is 0 Å². The molecule has 0 amide bonds. The van der Waals surface area contributed by atoms with Gasteiger partial charge in [0.05, 0.1) is 6.33 Å². The first-order chi connectivity index (χ1) is 8.18. The molecule has 1 fully saturated rings.